The normalized spacial score (nSPS) is 14.4. The van der Waals surface area contributed by atoms with Crippen LogP contribution in [-0.2, 0) is 9.59 Å². The molecule has 0 aromatic carbocycles. The van der Waals surface area contributed by atoms with E-state index in [0.717, 1.165) is 6.42 Å². The van der Waals surface area contributed by atoms with Gasteiger partial charge in [-0.15, -0.1) is 0 Å². The van der Waals surface area contributed by atoms with Crippen LogP contribution in [0, 0.1) is 11.8 Å². The Kier molecular flexibility index (Phi) is 6.77. The fraction of sp³-hybridized carbons (Fsp3) is 0.833. The Morgan fingerprint density at radius 3 is 2.06 bits per heavy atom. The third kappa shape index (κ3) is 5.14. The molecule has 16 heavy (non-hydrogen) atoms. The zero-order valence-corrected chi connectivity index (χ0v) is 11.0. The second-order valence-electron chi connectivity index (χ2n) is 4.55. The van der Waals surface area contributed by atoms with Crippen LogP contribution in [0.2, 0.25) is 0 Å². The second-order valence-corrected chi connectivity index (χ2v) is 4.55. The second kappa shape index (κ2) is 7.25. The zero-order valence-electron chi connectivity index (χ0n) is 11.0. The lowest BCUT2D eigenvalue weighted by Crippen LogP contribution is -2.47. The summed E-state index contributed by atoms with van der Waals surface area (Å²) in [7, 11) is 0. The van der Waals surface area contributed by atoms with E-state index >= 15 is 0 Å². The highest BCUT2D eigenvalue weighted by Crippen LogP contribution is 2.09. The molecule has 0 saturated heterocycles. The van der Waals surface area contributed by atoms with Gasteiger partial charge in [0.05, 0.1) is 0 Å². The van der Waals surface area contributed by atoms with Gasteiger partial charge in [-0.25, -0.2) is 0 Å². The summed E-state index contributed by atoms with van der Waals surface area (Å²) in [6.07, 6.45) is 0.898. The van der Waals surface area contributed by atoms with E-state index in [1.54, 1.807) is 6.92 Å². The third-order valence-corrected chi connectivity index (χ3v) is 2.71. The Balaban J connectivity index is 4.08. The molecule has 2 atom stereocenters. The van der Waals surface area contributed by atoms with Crippen LogP contribution < -0.4 is 10.6 Å². The first kappa shape index (κ1) is 14.9. The number of carbonyl (C=O) groups is 2. The molecular formula is C12H24N2O2. The molecule has 2 N–H and O–H groups in total. The van der Waals surface area contributed by atoms with Crippen LogP contribution in [0.25, 0.3) is 0 Å². The lowest BCUT2D eigenvalue weighted by atomic mass is 9.97. The Bertz CT molecular complexity index is 239. The maximum Gasteiger partial charge on any atom is 0.242 e. The first-order chi connectivity index (χ1) is 7.40. The van der Waals surface area contributed by atoms with Crippen LogP contribution in [0.3, 0.4) is 0 Å². The van der Waals surface area contributed by atoms with Gasteiger partial charge in [-0.3, -0.25) is 9.59 Å². The molecule has 2 amide bonds. The Morgan fingerprint density at radius 2 is 1.62 bits per heavy atom. The van der Waals surface area contributed by atoms with Crippen LogP contribution in [0.1, 0.15) is 41.0 Å². The van der Waals surface area contributed by atoms with E-state index in [0.29, 0.717) is 6.54 Å². The summed E-state index contributed by atoms with van der Waals surface area (Å²) in [5, 5.41) is 5.47. The Hall–Kier alpha value is -1.06. The molecule has 4 nitrogen and oxygen atoms in total. The number of nitrogens with one attached hydrogen (secondary N) is 2. The fourth-order valence-corrected chi connectivity index (χ4v) is 1.11. The van der Waals surface area contributed by atoms with Crippen LogP contribution >= 0.6 is 0 Å². The number of hydrogen-bond donors (Lipinski definition) is 2. The van der Waals surface area contributed by atoms with Gasteiger partial charge >= 0.3 is 0 Å². The van der Waals surface area contributed by atoms with Gasteiger partial charge in [0, 0.05) is 12.5 Å². The van der Waals surface area contributed by atoms with E-state index in [2.05, 4.69) is 10.6 Å². The van der Waals surface area contributed by atoms with Crippen LogP contribution in [0.5, 0.6) is 0 Å². The predicted molar refractivity (Wildman–Crippen MR) is 64.9 cm³/mol. The molecule has 2 unspecified atom stereocenters. The first-order valence-corrected chi connectivity index (χ1v) is 5.98. The Labute approximate surface area is 98.2 Å². The number of hydrogen-bond acceptors (Lipinski definition) is 2. The van der Waals surface area contributed by atoms with Crippen molar-refractivity contribution in [2.24, 2.45) is 11.8 Å². The number of carbonyl (C=O) groups excluding carboxylic acids is 2. The predicted octanol–water partition coefficient (Wildman–Crippen LogP) is 1.31. The molecular weight excluding hydrogens is 204 g/mol. The summed E-state index contributed by atoms with van der Waals surface area (Å²) in [4.78, 5) is 23.2. The van der Waals surface area contributed by atoms with Crippen molar-refractivity contribution in [2.75, 3.05) is 6.54 Å². The molecule has 0 radical (unpaired) electrons. The molecule has 0 fully saturated rings. The van der Waals surface area contributed by atoms with Gasteiger partial charge in [-0.2, -0.15) is 0 Å². The lowest BCUT2D eigenvalue weighted by molar-refractivity contribution is -0.131. The minimum Gasteiger partial charge on any atom is -0.354 e. The van der Waals surface area contributed by atoms with Crippen molar-refractivity contribution in [3.8, 4) is 0 Å². The highest BCUT2D eigenvalue weighted by atomic mass is 16.2. The zero-order chi connectivity index (χ0) is 12.7. The molecule has 0 bridgehead atoms. The minimum absolute atomic E-state index is 0.0610. The third-order valence-electron chi connectivity index (χ3n) is 2.71. The van der Waals surface area contributed by atoms with E-state index in [9.17, 15) is 9.59 Å². The fourth-order valence-electron chi connectivity index (χ4n) is 1.11. The molecule has 0 saturated carbocycles. The minimum atomic E-state index is -0.458. The van der Waals surface area contributed by atoms with E-state index in [1.165, 1.54) is 0 Å². The number of amides is 2. The molecule has 0 aliphatic carbocycles. The molecule has 94 valence electrons. The van der Waals surface area contributed by atoms with Crippen LogP contribution in [0.15, 0.2) is 0 Å². The SMILES string of the molecule is CCCNC(=O)C(C)NC(=O)C(C)C(C)C. The van der Waals surface area contributed by atoms with Crippen LogP contribution in [0.4, 0.5) is 0 Å². The standard InChI is InChI=1S/C12H24N2O2/c1-6-7-13-12(16)10(5)14-11(15)9(4)8(2)3/h8-10H,6-7H2,1-5H3,(H,13,16)(H,14,15). The largest absolute Gasteiger partial charge is 0.354 e. The van der Waals surface area contributed by atoms with Gasteiger partial charge < -0.3 is 10.6 Å². The highest BCUT2D eigenvalue weighted by Gasteiger charge is 2.21. The van der Waals surface area contributed by atoms with Crippen molar-refractivity contribution < 1.29 is 9.59 Å². The van der Waals surface area contributed by atoms with Crippen molar-refractivity contribution in [2.45, 2.75) is 47.1 Å². The molecule has 0 aromatic heterocycles. The van der Waals surface area contributed by atoms with Crippen LogP contribution in [-0.4, -0.2) is 24.4 Å². The number of rotatable bonds is 6. The van der Waals surface area contributed by atoms with Crippen molar-refractivity contribution in [3.63, 3.8) is 0 Å². The maximum absolute atomic E-state index is 11.7. The monoisotopic (exact) mass is 228 g/mol. The smallest absolute Gasteiger partial charge is 0.242 e. The molecule has 4 heteroatoms. The molecule has 0 aromatic rings. The van der Waals surface area contributed by atoms with Gasteiger partial charge in [0.2, 0.25) is 11.8 Å². The molecule has 0 aliphatic rings. The van der Waals surface area contributed by atoms with E-state index in [4.69, 9.17) is 0 Å². The van der Waals surface area contributed by atoms with Crippen molar-refractivity contribution in [1.29, 1.82) is 0 Å². The molecule has 0 aliphatic heterocycles. The van der Waals surface area contributed by atoms with Gasteiger partial charge in [-0.1, -0.05) is 27.7 Å². The topological polar surface area (TPSA) is 58.2 Å². The van der Waals surface area contributed by atoms with E-state index < -0.39 is 6.04 Å². The summed E-state index contributed by atoms with van der Waals surface area (Å²) in [5.41, 5.74) is 0. The first-order valence-electron chi connectivity index (χ1n) is 5.98. The molecule has 0 rings (SSSR count). The summed E-state index contributed by atoms with van der Waals surface area (Å²) < 4.78 is 0. The summed E-state index contributed by atoms with van der Waals surface area (Å²) in [5.74, 6) is 0.0348. The van der Waals surface area contributed by atoms with Gasteiger partial charge in [0.1, 0.15) is 6.04 Å². The van der Waals surface area contributed by atoms with Gasteiger partial charge in [-0.05, 0) is 19.3 Å². The Morgan fingerprint density at radius 1 is 1.06 bits per heavy atom. The average Bonchev–Trinajstić information content (AvgIpc) is 2.24. The summed E-state index contributed by atoms with van der Waals surface area (Å²) in [6, 6.07) is -0.458. The van der Waals surface area contributed by atoms with Gasteiger partial charge in [0.25, 0.3) is 0 Å². The van der Waals surface area contributed by atoms with Crippen molar-refractivity contribution >= 4 is 11.8 Å². The molecule has 0 spiro atoms. The lowest BCUT2D eigenvalue weighted by Gasteiger charge is -2.19. The average molecular weight is 228 g/mol. The summed E-state index contributed by atoms with van der Waals surface area (Å²) >= 11 is 0. The summed E-state index contributed by atoms with van der Waals surface area (Å²) in [6.45, 7) is 10.2. The van der Waals surface area contributed by atoms with E-state index in [-0.39, 0.29) is 23.7 Å². The highest BCUT2D eigenvalue weighted by molar-refractivity contribution is 5.88. The van der Waals surface area contributed by atoms with Crippen molar-refractivity contribution in [3.05, 3.63) is 0 Å². The molecule has 0 heterocycles. The van der Waals surface area contributed by atoms with E-state index in [1.807, 2.05) is 27.7 Å². The van der Waals surface area contributed by atoms with Crippen molar-refractivity contribution in [1.82, 2.24) is 10.6 Å². The maximum atomic E-state index is 11.7. The quantitative estimate of drug-likeness (QED) is 0.720. The van der Waals surface area contributed by atoms with Gasteiger partial charge in [0.15, 0.2) is 0 Å².